The van der Waals surface area contributed by atoms with Gasteiger partial charge >= 0.3 is 5.97 Å². The minimum atomic E-state index is -1.48. The van der Waals surface area contributed by atoms with E-state index in [1.807, 2.05) is 30.3 Å². The SMILES string of the molecule is O=C(O)CC(NC(=O)C1CCCCN1C(=O)C1CCc2ccccc2Sc2ccc(Cl)cc21)C(=O)CF. The van der Waals surface area contributed by atoms with E-state index in [0.29, 0.717) is 43.7 Å². The molecule has 0 spiro atoms. The molecular weight excluding hydrogens is 519 g/mol. The number of carbonyl (C=O) groups is 4. The van der Waals surface area contributed by atoms with Crippen molar-refractivity contribution in [3.8, 4) is 0 Å². The molecule has 4 rings (SSSR count). The topological polar surface area (TPSA) is 104 Å². The number of aryl methyl sites for hydroxylation is 1. The molecule has 2 aliphatic heterocycles. The summed E-state index contributed by atoms with van der Waals surface area (Å²) in [6.07, 6.45) is 2.25. The van der Waals surface area contributed by atoms with Crippen molar-refractivity contribution in [2.75, 3.05) is 13.2 Å². The molecule has 2 aliphatic rings. The van der Waals surface area contributed by atoms with Crippen LogP contribution in [0.15, 0.2) is 52.3 Å². The maximum Gasteiger partial charge on any atom is 0.305 e. The molecule has 2 aromatic rings. The molecule has 0 radical (unpaired) electrons. The highest BCUT2D eigenvalue weighted by Gasteiger charge is 2.38. The van der Waals surface area contributed by atoms with Gasteiger partial charge in [0.05, 0.1) is 12.3 Å². The first-order valence-electron chi connectivity index (χ1n) is 12.2. The van der Waals surface area contributed by atoms with E-state index in [4.69, 9.17) is 16.7 Å². The summed E-state index contributed by atoms with van der Waals surface area (Å²) in [7, 11) is 0. The van der Waals surface area contributed by atoms with Crippen LogP contribution in [0.3, 0.4) is 0 Å². The molecule has 2 heterocycles. The molecule has 0 bridgehead atoms. The molecule has 3 atom stereocenters. The number of carboxylic acid groups (broad SMARTS) is 1. The highest BCUT2D eigenvalue weighted by molar-refractivity contribution is 7.99. The quantitative estimate of drug-likeness (QED) is 0.533. The van der Waals surface area contributed by atoms with Crippen LogP contribution in [-0.4, -0.2) is 58.9 Å². The summed E-state index contributed by atoms with van der Waals surface area (Å²) in [5.41, 5.74) is 1.94. The van der Waals surface area contributed by atoms with Crippen molar-refractivity contribution in [3.63, 3.8) is 0 Å². The van der Waals surface area contributed by atoms with Gasteiger partial charge in [0.2, 0.25) is 11.8 Å². The zero-order valence-corrected chi connectivity index (χ0v) is 21.7. The van der Waals surface area contributed by atoms with E-state index in [1.54, 1.807) is 17.8 Å². The fourth-order valence-corrected chi connectivity index (χ4v) is 6.29. The summed E-state index contributed by atoms with van der Waals surface area (Å²) in [5.74, 6) is -3.73. The number of rotatable bonds is 7. The summed E-state index contributed by atoms with van der Waals surface area (Å²) >= 11 is 7.92. The number of fused-ring (bicyclic) bond motifs is 2. The lowest BCUT2D eigenvalue weighted by molar-refractivity contribution is -0.145. The number of alkyl halides is 1. The number of nitrogens with zero attached hydrogens (tertiary/aromatic N) is 1. The van der Waals surface area contributed by atoms with Crippen LogP contribution >= 0.6 is 23.4 Å². The number of hydrogen-bond acceptors (Lipinski definition) is 5. The molecule has 37 heavy (non-hydrogen) atoms. The molecule has 1 saturated heterocycles. The van der Waals surface area contributed by atoms with Gasteiger partial charge in [-0.05, 0) is 67.5 Å². The largest absolute Gasteiger partial charge is 0.481 e. The Bertz CT molecular complexity index is 1210. The number of carboxylic acids is 1. The monoisotopic (exact) mass is 546 g/mol. The normalized spacial score (nSPS) is 20.0. The van der Waals surface area contributed by atoms with Crippen molar-refractivity contribution in [2.45, 2.75) is 66.3 Å². The van der Waals surface area contributed by atoms with Crippen molar-refractivity contribution in [1.29, 1.82) is 0 Å². The van der Waals surface area contributed by atoms with E-state index >= 15 is 0 Å². The number of ketones is 1. The number of halogens is 2. The molecular formula is C27H28ClFN2O5S. The Kier molecular flexibility index (Phi) is 8.87. The molecule has 10 heteroatoms. The third kappa shape index (κ3) is 6.33. The van der Waals surface area contributed by atoms with Gasteiger partial charge in [-0.3, -0.25) is 19.2 Å². The molecule has 2 N–H and O–H groups in total. The van der Waals surface area contributed by atoms with Gasteiger partial charge in [0.25, 0.3) is 0 Å². The van der Waals surface area contributed by atoms with Gasteiger partial charge in [-0.25, -0.2) is 4.39 Å². The Morgan fingerprint density at radius 3 is 2.65 bits per heavy atom. The first kappa shape index (κ1) is 27.1. The summed E-state index contributed by atoms with van der Waals surface area (Å²) in [5, 5.41) is 12.0. The fourth-order valence-electron chi connectivity index (χ4n) is 4.97. The second kappa shape index (κ2) is 12.1. The van der Waals surface area contributed by atoms with Crippen molar-refractivity contribution in [1.82, 2.24) is 10.2 Å². The van der Waals surface area contributed by atoms with Crippen molar-refractivity contribution in [3.05, 3.63) is 58.6 Å². The predicted octanol–water partition coefficient (Wildman–Crippen LogP) is 4.40. The summed E-state index contributed by atoms with van der Waals surface area (Å²) in [6.45, 7) is -1.03. The summed E-state index contributed by atoms with van der Waals surface area (Å²) < 4.78 is 13.0. The lowest BCUT2D eigenvalue weighted by Gasteiger charge is -2.38. The minimum Gasteiger partial charge on any atom is -0.481 e. The maximum absolute atomic E-state index is 14.0. The molecule has 0 saturated carbocycles. The standard InChI is InChI=1S/C27H28ClFN2O5S/c28-17-9-11-24-19(13-17)18(10-8-16-5-1-2-7-23(16)37-24)27(36)31-12-4-3-6-21(31)26(35)30-20(14-25(33)34)22(32)15-29/h1-2,5,7,9,11,13,18,20-21H,3-4,6,8,10,12,14-15H2,(H,30,35)(H,33,34). The number of benzene rings is 2. The highest BCUT2D eigenvalue weighted by atomic mass is 35.5. The molecule has 0 aromatic heterocycles. The molecule has 7 nitrogen and oxygen atoms in total. The fraction of sp³-hybridized carbons (Fsp3) is 0.407. The van der Waals surface area contributed by atoms with Gasteiger partial charge in [-0.1, -0.05) is 41.6 Å². The summed E-state index contributed by atoms with van der Waals surface area (Å²) in [6, 6.07) is 11.2. The Balaban J connectivity index is 1.62. The van der Waals surface area contributed by atoms with Crippen molar-refractivity contribution >= 4 is 46.9 Å². The molecule has 196 valence electrons. The zero-order valence-electron chi connectivity index (χ0n) is 20.1. The van der Waals surface area contributed by atoms with Gasteiger partial charge in [-0.15, -0.1) is 0 Å². The van der Waals surface area contributed by atoms with Crippen molar-refractivity contribution in [2.24, 2.45) is 0 Å². The minimum absolute atomic E-state index is 0.213. The highest BCUT2D eigenvalue weighted by Crippen LogP contribution is 2.42. The van der Waals surface area contributed by atoms with Gasteiger partial charge in [-0.2, -0.15) is 0 Å². The average molecular weight is 547 g/mol. The number of piperidine rings is 1. The van der Waals surface area contributed by atoms with E-state index in [-0.39, 0.29) is 5.91 Å². The average Bonchev–Trinajstić information content (AvgIpc) is 2.88. The van der Waals surface area contributed by atoms with Crippen molar-refractivity contribution < 1.29 is 28.7 Å². The number of amides is 2. The van der Waals surface area contributed by atoms with Crippen LogP contribution in [-0.2, 0) is 25.6 Å². The first-order chi connectivity index (χ1) is 17.8. The number of likely N-dealkylation sites (tertiary alicyclic amines) is 1. The second-order valence-corrected chi connectivity index (χ2v) is 10.8. The number of carbonyl (C=O) groups excluding carboxylic acids is 3. The Labute approximate surface area is 223 Å². The maximum atomic E-state index is 14.0. The molecule has 3 unspecified atom stereocenters. The van der Waals surface area contributed by atoms with Gasteiger partial charge in [0.15, 0.2) is 5.78 Å². The number of nitrogens with one attached hydrogen (secondary N) is 1. The van der Waals surface area contributed by atoms with Crippen LogP contribution in [0.25, 0.3) is 0 Å². The first-order valence-corrected chi connectivity index (χ1v) is 13.4. The lowest BCUT2D eigenvalue weighted by atomic mass is 9.88. The van der Waals surface area contributed by atoms with Crippen LogP contribution in [0.2, 0.25) is 5.02 Å². The molecule has 0 aliphatic carbocycles. The number of aliphatic carboxylic acids is 1. The number of hydrogen-bond donors (Lipinski definition) is 2. The van der Waals surface area contributed by atoms with Crippen LogP contribution < -0.4 is 5.32 Å². The predicted molar refractivity (Wildman–Crippen MR) is 138 cm³/mol. The van der Waals surface area contributed by atoms with Crippen LogP contribution in [0.1, 0.15) is 49.1 Å². The zero-order chi connectivity index (χ0) is 26.5. The second-order valence-electron chi connectivity index (χ2n) is 9.29. The van der Waals surface area contributed by atoms with E-state index in [0.717, 1.165) is 20.9 Å². The molecule has 2 amide bonds. The third-order valence-corrected chi connectivity index (χ3v) is 8.29. The van der Waals surface area contributed by atoms with E-state index < -0.39 is 48.8 Å². The van der Waals surface area contributed by atoms with Crippen LogP contribution in [0.5, 0.6) is 0 Å². The van der Waals surface area contributed by atoms with E-state index in [2.05, 4.69) is 11.4 Å². The molecule has 1 fully saturated rings. The van der Waals surface area contributed by atoms with Crippen LogP contribution in [0, 0.1) is 0 Å². The van der Waals surface area contributed by atoms with Crippen LogP contribution in [0.4, 0.5) is 4.39 Å². The number of Topliss-reactive ketones (excluding diaryl/α,β-unsaturated/α-hetero) is 1. The van der Waals surface area contributed by atoms with E-state index in [1.165, 1.54) is 4.90 Å². The van der Waals surface area contributed by atoms with Gasteiger partial charge < -0.3 is 15.3 Å². The smallest absolute Gasteiger partial charge is 0.305 e. The summed E-state index contributed by atoms with van der Waals surface area (Å²) in [4.78, 5) is 53.9. The Hall–Kier alpha value is -2.91. The Morgan fingerprint density at radius 1 is 1.11 bits per heavy atom. The lowest BCUT2D eigenvalue weighted by Crippen LogP contribution is -2.56. The van der Waals surface area contributed by atoms with Gasteiger partial charge in [0.1, 0.15) is 18.8 Å². The third-order valence-electron chi connectivity index (χ3n) is 6.84. The van der Waals surface area contributed by atoms with E-state index in [9.17, 15) is 23.6 Å². The molecule has 2 aromatic carbocycles. The van der Waals surface area contributed by atoms with Gasteiger partial charge in [0, 0.05) is 21.4 Å². The Morgan fingerprint density at radius 2 is 1.89 bits per heavy atom.